The highest BCUT2D eigenvalue weighted by Gasteiger charge is 2.22. The van der Waals surface area contributed by atoms with Crippen molar-refractivity contribution in [3.8, 4) is 0 Å². The Morgan fingerprint density at radius 3 is 2.50 bits per heavy atom. The van der Waals surface area contributed by atoms with Gasteiger partial charge in [0.15, 0.2) is 0 Å². The van der Waals surface area contributed by atoms with Crippen molar-refractivity contribution in [1.82, 2.24) is 19.3 Å². The predicted molar refractivity (Wildman–Crippen MR) is 74.7 cm³/mol. The zero-order valence-electron chi connectivity index (χ0n) is 11.0. The Bertz CT molecular complexity index is 704. The molecule has 0 aliphatic rings. The Hall–Kier alpha value is -1.57. The maximum atomic E-state index is 12.3. The molecule has 0 bridgehead atoms. The van der Waals surface area contributed by atoms with E-state index in [1.54, 1.807) is 6.07 Å². The van der Waals surface area contributed by atoms with Gasteiger partial charge in [-0.15, -0.1) is 0 Å². The molecule has 0 atom stereocenters. The number of pyridine rings is 1. The average Bonchev–Trinajstić information content (AvgIpc) is 2.39. The summed E-state index contributed by atoms with van der Waals surface area (Å²) in [7, 11) is -2.18. The molecule has 0 spiro atoms. The van der Waals surface area contributed by atoms with Crippen LogP contribution in [-0.4, -0.2) is 34.7 Å². The molecule has 0 aliphatic carbocycles. The van der Waals surface area contributed by atoms with Gasteiger partial charge in [-0.1, -0.05) is 6.07 Å². The van der Waals surface area contributed by atoms with Gasteiger partial charge in [-0.05, 0) is 30.7 Å². The second-order valence-electron chi connectivity index (χ2n) is 4.22. The first-order valence-corrected chi connectivity index (χ1v) is 7.58. The summed E-state index contributed by atoms with van der Waals surface area (Å²) < 4.78 is 25.8. The van der Waals surface area contributed by atoms with Crippen LogP contribution in [0.5, 0.6) is 0 Å². The molecule has 0 amide bonds. The van der Waals surface area contributed by atoms with E-state index < -0.39 is 10.0 Å². The lowest BCUT2D eigenvalue weighted by Crippen LogP contribution is -2.27. The van der Waals surface area contributed by atoms with Crippen LogP contribution in [0.3, 0.4) is 0 Å². The molecule has 0 saturated heterocycles. The summed E-state index contributed by atoms with van der Waals surface area (Å²) >= 11 is 5.55. The molecule has 106 valence electrons. The van der Waals surface area contributed by atoms with Crippen LogP contribution in [0.1, 0.15) is 11.4 Å². The van der Waals surface area contributed by atoms with Gasteiger partial charge in [-0.25, -0.2) is 18.4 Å². The fraction of sp³-hybridized carbons (Fsp3) is 0.250. The molecular formula is C12H13ClN4O2S. The number of aryl methyl sites for hydroxylation is 1. The minimum atomic E-state index is -3.66. The Labute approximate surface area is 122 Å². The monoisotopic (exact) mass is 312 g/mol. The van der Waals surface area contributed by atoms with E-state index in [0.717, 1.165) is 5.69 Å². The minimum absolute atomic E-state index is 0.00273. The van der Waals surface area contributed by atoms with Gasteiger partial charge in [-0.3, -0.25) is 4.98 Å². The molecule has 20 heavy (non-hydrogen) atoms. The van der Waals surface area contributed by atoms with Crippen molar-refractivity contribution in [2.75, 3.05) is 7.05 Å². The van der Waals surface area contributed by atoms with E-state index in [-0.39, 0.29) is 16.7 Å². The Morgan fingerprint density at radius 2 is 1.90 bits per heavy atom. The molecular weight excluding hydrogens is 300 g/mol. The van der Waals surface area contributed by atoms with E-state index in [4.69, 9.17) is 11.6 Å². The molecule has 2 aromatic rings. The number of halogens is 1. The molecule has 2 aromatic heterocycles. The van der Waals surface area contributed by atoms with Gasteiger partial charge >= 0.3 is 0 Å². The van der Waals surface area contributed by atoms with E-state index in [1.165, 1.54) is 23.7 Å². The molecule has 8 heteroatoms. The van der Waals surface area contributed by atoms with Crippen LogP contribution < -0.4 is 0 Å². The standard InChI is InChI=1S/C12H13ClN4O2S/c1-9-4-3-5-10(16-9)8-17(2)20(18,19)11-6-14-12(13)15-7-11/h3-7H,8H2,1-2H3. The van der Waals surface area contributed by atoms with Crippen LogP contribution >= 0.6 is 11.6 Å². The third-order valence-electron chi connectivity index (χ3n) is 2.64. The fourth-order valence-corrected chi connectivity index (χ4v) is 2.75. The molecule has 0 aromatic carbocycles. The number of sulfonamides is 1. The van der Waals surface area contributed by atoms with Gasteiger partial charge in [0.2, 0.25) is 15.3 Å². The summed E-state index contributed by atoms with van der Waals surface area (Å²) in [5.74, 6) is 0. The van der Waals surface area contributed by atoms with Crippen molar-refractivity contribution in [2.45, 2.75) is 18.4 Å². The lowest BCUT2D eigenvalue weighted by molar-refractivity contribution is 0.461. The maximum Gasteiger partial charge on any atom is 0.246 e. The van der Waals surface area contributed by atoms with Crippen LogP contribution in [0, 0.1) is 6.92 Å². The number of rotatable bonds is 4. The molecule has 0 aliphatic heterocycles. The van der Waals surface area contributed by atoms with Gasteiger partial charge in [0.05, 0.1) is 24.6 Å². The van der Waals surface area contributed by atoms with E-state index in [9.17, 15) is 8.42 Å². The second kappa shape index (κ2) is 5.82. The summed E-state index contributed by atoms with van der Waals surface area (Å²) in [6, 6.07) is 5.46. The first-order valence-electron chi connectivity index (χ1n) is 5.76. The van der Waals surface area contributed by atoms with Gasteiger partial charge in [0.25, 0.3) is 0 Å². The molecule has 0 saturated carbocycles. The predicted octanol–water partition coefficient (Wildman–Crippen LogP) is 1.65. The topological polar surface area (TPSA) is 76.1 Å². The zero-order valence-corrected chi connectivity index (χ0v) is 12.6. The quantitative estimate of drug-likeness (QED) is 0.802. The van der Waals surface area contributed by atoms with Crippen LogP contribution in [0.15, 0.2) is 35.5 Å². The second-order valence-corrected chi connectivity index (χ2v) is 6.60. The Morgan fingerprint density at radius 1 is 1.25 bits per heavy atom. The highest BCUT2D eigenvalue weighted by molar-refractivity contribution is 7.89. The molecule has 0 unspecified atom stereocenters. The molecule has 6 nitrogen and oxygen atoms in total. The molecule has 0 fully saturated rings. The number of hydrogen-bond donors (Lipinski definition) is 0. The third-order valence-corrected chi connectivity index (χ3v) is 4.59. The van der Waals surface area contributed by atoms with Crippen molar-refractivity contribution < 1.29 is 8.42 Å². The summed E-state index contributed by atoms with van der Waals surface area (Å²) in [6.07, 6.45) is 2.37. The first kappa shape index (κ1) is 14.8. The van der Waals surface area contributed by atoms with Gasteiger partial charge in [-0.2, -0.15) is 4.31 Å². The molecule has 0 N–H and O–H groups in total. The lowest BCUT2D eigenvalue weighted by atomic mass is 10.3. The van der Waals surface area contributed by atoms with Crippen LogP contribution in [0.2, 0.25) is 5.28 Å². The third kappa shape index (κ3) is 3.30. The molecule has 2 heterocycles. The summed E-state index contributed by atoms with van der Waals surface area (Å²) in [5, 5.41) is 0.00644. The van der Waals surface area contributed by atoms with Crippen LogP contribution in [-0.2, 0) is 16.6 Å². The van der Waals surface area contributed by atoms with E-state index >= 15 is 0 Å². The SMILES string of the molecule is Cc1cccc(CN(C)S(=O)(=O)c2cnc(Cl)nc2)n1. The minimum Gasteiger partial charge on any atom is -0.257 e. The first-order chi connectivity index (χ1) is 9.39. The normalized spacial score (nSPS) is 11.8. The summed E-state index contributed by atoms with van der Waals surface area (Å²) in [5.41, 5.74) is 1.51. The number of nitrogens with zero attached hydrogens (tertiary/aromatic N) is 4. The van der Waals surface area contributed by atoms with Crippen molar-refractivity contribution >= 4 is 21.6 Å². The van der Waals surface area contributed by atoms with E-state index in [1.807, 2.05) is 19.1 Å². The Kier molecular flexibility index (Phi) is 4.32. The summed E-state index contributed by atoms with van der Waals surface area (Å²) in [4.78, 5) is 11.6. The van der Waals surface area contributed by atoms with E-state index in [2.05, 4.69) is 15.0 Å². The van der Waals surface area contributed by atoms with Gasteiger partial charge in [0, 0.05) is 12.7 Å². The lowest BCUT2D eigenvalue weighted by Gasteiger charge is -2.16. The van der Waals surface area contributed by atoms with Crippen molar-refractivity contribution in [1.29, 1.82) is 0 Å². The van der Waals surface area contributed by atoms with Crippen molar-refractivity contribution in [2.24, 2.45) is 0 Å². The largest absolute Gasteiger partial charge is 0.257 e. The number of hydrogen-bond acceptors (Lipinski definition) is 5. The van der Waals surface area contributed by atoms with Gasteiger partial charge < -0.3 is 0 Å². The maximum absolute atomic E-state index is 12.3. The van der Waals surface area contributed by atoms with E-state index in [0.29, 0.717) is 5.69 Å². The highest BCUT2D eigenvalue weighted by Crippen LogP contribution is 2.15. The zero-order chi connectivity index (χ0) is 14.8. The number of aromatic nitrogens is 3. The molecule has 0 radical (unpaired) electrons. The van der Waals surface area contributed by atoms with Crippen LogP contribution in [0.4, 0.5) is 0 Å². The Balaban J connectivity index is 2.23. The summed E-state index contributed by atoms with van der Waals surface area (Å²) in [6.45, 7) is 2.03. The fourth-order valence-electron chi connectivity index (χ4n) is 1.61. The highest BCUT2D eigenvalue weighted by atomic mass is 35.5. The smallest absolute Gasteiger partial charge is 0.246 e. The van der Waals surface area contributed by atoms with Crippen LogP contribution in [0.25, 0.3) is 0 Å². The van der Waals surface area contributed by atoms with Crippen molar-refractivity contribution in [3.05, 3.63) is 47.3 Å². The molecule has 2 rings (SSSR count). The van der Waals surface area contributed by atoms with Crippen molar-refractivity contribution in [3.63, 3.8) is 0 Å². The average molecular weight is 313 g/mol. The van der Waals surface area contributed by atoms with Gasteiger partial charge in [0.1, 0.15) is 4.90 Å².